The molecule has 0 atom stereocenters. The number of thiazole rings is 1. The smallest absolute Gasteiger partial charge is 0.311 e. The Hall–Kier alpha value is -4.68. The molecule has 3 N–H and O–H groups in total. The lowest BCUT2D eigenvalue weighted by Gasteiger charge is -2.12. The van der Waals surface area contributed by atoms with E-state index < -0.39 is 11.8 Å². The van der Waals surface area contributed by atoms with Crippen LogP contribution in [0.1, 0.15) is 28.7 Å². The Labute approximate surface area is 244 Å². The number of anilines is 2. The maximum Gasteiger partial charge on any atom is 0.311 e. The molecule has 2 aromatic heterocycles. The first-order valence-corrected chi connectivity index (χ1v) is 14.3. The van der Waals surface area contributed by atoms with Crippen molar-refractivity contribution in [3.05, 3.63) is 101 Å². The molecule has 10 nitrogen and oxygen atoms in total. The van der Waals surface area contributed by atoms with E-state index in [1.54, 1.807) is 73.0 Å². The molecule has 210 valence electrons. The number of furan rings is 1. The van der Waals surface area contributed by atoms with Gasteiger partial charge in [-0.05, 0) is 49.4 Å². The fourth-order valence-electron chi connectivity index (χ4n) is 3.43. The summed E-state index contributed by atoms with van der Waals surface area (Å²) in [6.07, 6.45) is 2.95. The predicted octanol–water partition coefficient (Wildman–Crippen LogP) is 4.98. The van der Waals surface area contributed by atoms with Crippen molar-refractivity contribution >= 4 is 63.7 Å². The molecule has 0 saturated carbocycles. The van der Waals surface area contributed by atoms with Crippen LogP contribution in [0, 0.1) is 0 Å². The highest BCUT2D eigenvalue weighted by Gasteiger charge is 2.16. The van der Waals surface area contributed by atoms with Crippen LogP contribution in [0.2, 0.25) is 0 Å². The van der Waals surface area contributed by atoms with Gasteiger partial charge in [0.15, 0.2) is 5.13 Å². The van der Waals surface area contributed by atoms with E-state index in [-0.39, 0.29) is 29.7 Å². The predicted molar refractivity (Wildman–Crippen MR) is 157 cm³/mol. The number of carbonyl (C=O) groups excluding carboxylic acids is 4. The number of aromatic nitrogens is 1. The Morgan fingerprint density at radius 2 is 1.85 bits per heavy atom. The molecule has 0 saturated heterocycles. The van der Waals surface area contributed by atoms with Gasteiger partial charge in [0, 0.05) is 27.6 Å². The summed E-state index contributed by atoms with van der Waals surface area (Å²) in [5, 5.41) is 10.2. The minimum absolute atomic E-state index is 0.00277. The summed E-state index contributed by atoms with van der Waals surface area (Å²) < 4.78 is 10.2. The third-order valence-electron chi connectivity index (χ3n) is 5.25. The molecule has 2 aromatic carbocycles. The van der Waals surface area contributed by atoms with Crippen LogP contribution in [0.15, 0.2) is 93.4 Å². The van der Waals surface area contributed by atoms with Crippen LogP contribution in [-0.2, 0) is 25.5 Å². The van der Waals surface area contributed by atoms with Crippen molar-refractivity contribution in [3.63, 3.8) is 0 Å². The maximum absolute atomic E-state index is 13.2. The van der Waals surface area contributed by atoms with Crippen LogP contribution in [0.3, 0.4) is 0 Å². The molecule has 4 aromatic rings. The van der Waals surface area contributed by atoms with Crippen molar-refractivity contribution < 1.29 is 28.3 Å². The van der Waals surface area contributed by atoms with Crippen molar-refractivity contribution in [2.24, 2.45) is 0 Å². The summed E-state index contributed by atoms with van der Waals surface area (Å²) in [5.74, 6) is -1.14. The SMILES string of the molecule is CCOC(=O)Cc1csc(NC(=O)CSc2cccc(NC(=O)/C(=C/c3ccco3)NC(=O)c3ccccc3)c2)n1. The van der Waals surface area contributed by atoms with Gasteiger partial charge in [-0.25, -0.2) is 4.98 Å². The van der Waals surface area contributed by atoms with Crippen molar-refractivity contribution in [2.75, 3.05) is 23.0 Å². The number of benzene rings is 2. The van der Waals surface area contributed by atoms with Gasteiger partial charge in [-0.1, -0.05) is 24.3 Å². The van der Waals surface area contributed by atoms with Crippen LogP contribution in [0.5, 0.6) is 0 Å². The fraction of sp³-hybridized carbons (Fsp3) is 0.138. The zero-order chi connectivity index (χ0) is 29.0. The van der Waals surface area contributed by atoms with E-state index >= 15 is 0 Å². The first-order chi connectivity index (χ1) is 19.9. The zero-order valence-electron chi connectivity index (χ0n) is 21.9. The average Bonchev–Trinajstić information content (AvgIpc) is 3.64. The van der Waals surface area contributed by atoms with E-state index in [4.69, 9.17) is 9.15 Å². The molecule has 3 amide bonds. The third-order valence-corrected chi connectivity index (χ3v) is 7.05. The monoisotopic (exact) mass is 590 g/mol. The van der Waals surface area contributed by atoms with Gasteiger partial charge in [-0.2, -0.15) is 0 Å². The fourth-order valence-corrected chi connectivity index (χ4v) is 4.91. The highest BCUT2D eigenvalue weighted by molar-refractivity contribution is 8.00. The summed E-state index contributed by atoms with van der Waals surface area (Å²) in [6.45, 7) is 2.03. The molecular weight excluding hydrogens is 564 g/mol. The molecule has 0 aliphatic rings. The topological polar surface area (TPSA) is 140 Å². The van der Waals surface area contributed by atoms with Gasteiger partial charge in [0.1, 0.15) is 11.5 Å². The Kier molecular flexibility index (Phi) is 10.5. The normalized spacial score (nSPS) is 11.0. The second-order valence-corrected chi connectivity index (χ2v) is 10.2. The molecule has 12 heteroatoms. The van der Waals surface area contributed by atoms with Gasteiger partial charge in [0.2, 0.25) is 5.91 Å². The second-order valence-electron chi connectivity index (χ2n) is 8.34. The number of nitrogens with one attached hydrogen (secondary N) is 3. The molecule has 41 heavy (non-hydrogen) atoms. The number of rotatable bonds is 12. The zero-order valence-corrected chi connectivity index (χ0v) is 23.6. The van der Waals surface area contributed by atoms with Crippen LogP contribution >= 0.6 is 23.1 Å². The number of amides is 3. The first kappa shape index (κ1) is 29.3. The van der Waals surface area contributed by atoms with E-state index in [0.29, 0.717) is 34.4 Å². The summed E-state index contributed by atoms with van der Waals surface area (Å²) in [7, 11) is 0. The summed E-state index contributed by atoms with van der Waals surface area (Å²) in [4.78, 5) is 54.9. The lowest BCUT2D eigenvalue weighted by molar-refractivity contribution is -0.142. The molecule has 4 rings (SSSR count). The molecule has 0 spiro atoms. The Balaban J connectivity index is 1.35. The Morgan fingerprint density at radius 3 is 2.61 bits per heavy atom. The van der Waals surface area contributed by atoms with E-state index in [1.165, 1.54) is 35.4 Å². The van der Waals surface area contributed by atoms with Gasteiger partial charge in [-0.15, -0.1) is 23.1 Å². The molecule has 0 radical (unpaired) electrons. The van der Waals surface area contributed by atoms with Gasteiger partial charge in [0.25, 0.3) is 11.8 Å². The van der Waals surface area contributed by atoms with E-state index in [2.05, 4.69) is 20.9 Å². The quantitative estimate of drug-likeness (QED) is 0.119. The lowest BCUT2D eigenvalue weighted by Crippen LogP contribution is -2.30. The highest BCUT2D eigenvalue weighted by Crippen LogP contribution is 2.23. The third kappa shape index (κ3) is 9.19. The van der Waals surface area contributed by atoms with Gasteiger partial charge in [0.05, 0.1) is 30.7 Å². The number of carbonyl (C=O) groups is 4. The van der Waals surface area contributed by atoms with E-state index in [9.17, 15) is 19.2 Å². The van der Waals surface area contributed by atoms with Crippen LogP contribution in [0.4, 0.5) is 10.8 Å². The minimum atomic E-state index is -0.548. The van der Waals surface area contributed by atoms with E-state index in [0.717, 1.165) is 4.90 Å². The minimum Gasteiger partial charge on any atom is -0.466 e. The number of hydrogen-bond donors (Lipinski definition) is 3. The van der Waals surface area contributed by atoms with Gasteiger partial charge < -0.3 is 25.1 Å². The molecular formula is C29H26N4O6S2. The summed E-state index contributed by atoms with van der Waals surface area (Å²) in [5.41, 5.74) is 1.40. The molecule has 0 fully saturated rings. The first-order valence-electron chi connectivity index (χ1n) is 12.5. The largest absolute Gasteiger partial charge is 0.466 e. The number of ether oxygens (including phenoxy) is 1. The average molecular weight is 591 g/mol. The molecule has 0 aliphatic carbocycles. The molecule has 2 heterocycles. The number of nitrogens with zero attached hydrogens (tertiary/aromatic N) is 1. The Bertz CT molecular complexity index is 1530. The maximum atomic E-state index is 13.2. The number of hydrogen-bond acceptors (Lipinski definition) is 9. The summed E-state index contributed by atoms with van der Waals surface area (Å²) in [6, 6.07) is 18.9. The van der Waals surface area contributed by atoms with Crippen LogP contribution in [-0.4, -0.2) is 41.0 Å². The number of esters is 1. The van der Waals surface area contributed by atoms with Crippen LogP contribution < -0.4 is 16.0 Å². The van der Waals surface area contributed by atoms with Crippen molar-refractivity contribution in [2.45, 2.75) is 18.2 Å². The number of thioether (sulfide) groups is 1. The lowest BCUT2D eigenvalue weighted by atomic mass is 10.2. The Morgan fingerprint density at radius 1 is 1.02 bits per heavy atom. The second kappa shape index (κ2) is 14.6. The highest BCUT2D eigenvalue weighted by atomic mass is 32.2. The van der Waals surface area contributed by atoms with E-state index in [1.807, 2.05) is 6.07 Å². The van der Waals surface area contributed by atoms with Crippen molar-refractivity contribution in [1.29, 1.82) is 0 Å². The standard InChI is InChI=1S/C29H26N4O6S2/c1-2-38-26(35)15-21-17-41-29(31-21)33-25(34)18-40-23-12-6-10-20(14-23)30-28(37)24(16-22-11-7-13-39-22)32-27(36)19-8-4-3-5-9-19/h3-14,16-17H,2,15,18H2,1H3,(H,30,37)(H,32,36)(H,31,33,34)/b24-16-. The summed E-state index contributed by atoms with van der Waals surface area (Å²) >= 11 is 2.50. The molecule has 0 unspecified atom stereocenters. The van der Waals surface area contributed by atoms with Gasteiger partial charge in [-0.3, -0.25) is 19.2 Å². The molecule has 0 aliphatic heterocycles. The van der Waals surface area contributed by atoms with Crippen molar-refractivity contribution in [3.8, 4) is 0 Å². The molecule has 0 bridgehead atoms. The van der Waals surface area contributed by atoms with Gasteiger partial charge >= 0.3 is 5.97 Å². The van der Waals surface area contributed by atoms with Crippen LogP contribution in [0.25, 0.3) is 6.08 Å². The van der Waals surface area contributed by atoms with Crippen molar-refractivity contribution in [1.82, 2.24) is 10.3 Å².